The van der Waals surface area contributed by atoms with E-state index in [9.17, 15) is 26.6 Å². The molecule has 2 aromatic rings. The van der Waals surface area contributed by atoms with Crippen LogP contribution in [-0.4, -0.2) is 37.4 Å². The molecule has 11 nitrogen and oxygen atoms in total. The molecule has 0 aliphatic carbocycles. The minimum absolute atomic E-state index is 0. The van der Waals surface area contributed by atoms with Crippen LogP contribution in [0.5, 0.6) is 0 Å². The quantitative estimate of drug-likeness (QED) is 0.139. The zero-order chi connectivity index (χ0) is 18.8. The van der Waals surface area contributed by atoms with E-state index >= 15 is 0 Å². The number of aryl methyl sites for hydroxylation is 1. The van der Waals surface area contributed by atoms with E-state index in [1.807, 2.05) is 0 Å². The molecule has 0 spiro atoms. The van der Waals surface area contributed by atoms with E-state index in [2.05, 4.69) is 19.2 Å². The molecular formula is C11H13N3Na2O8S3. The molecule has 0 saturated heterocycles. The minimum Gasteiger partial charge on any atom is -0.744 e. The van der Waals surface area contributed by atoms with Gasteiger partial charge in [0.05, 0.1) is 34.6 Å². The van der Waals surface area contributed by atoms with Crippen molar-refractivity contribution in [1.29, 1.82) is 0 Å². The van der Waals surface area contributed by atoms with Crippen LogP contribution in [0.2, 0.25) is 0 Å². The van der Waals surface area contributed by atoms with E-state index < -0.39 is 25.0 Å². The molecule has 27 heavy (non-hydrogen) atoms. The molecule has 1 N–H and O–H groups in total. The van der Waals surface area contributed by atoms with Gasteiger partial charge in [0, 0.05) is 12.4 Å². The van der Waals surface area contributed by atoms with Crippen molar-refractivity contribution in [2.45, 2.75) is 16.7 Å². The van der Waals surface area contributed by atoms with Crippen LogP contribution in [0.15, 0.2) is 34.1 Å². The molecule has 0 aliphatic heterocycles. The van der Waals surface area contributed by atoms with Gasteiger partial charge >= 0.3 is 59.1 Å². The molecule has 0 radical (unpaired) electrons. The topological polar surface area (TPSA) is 163 Å². The Hall–Kier alpha value is 0.320. The van der Waals surface area contributed by atoms with Crippen molar-refractivity contribution >= 4 is 38.0 Å². The summed E-state index contributed by atoms with van der Waals surface area (Å²) in [6, 6.07) is 4.71. The Morgan fingerprint density at radius 3 is 2.37 bits per heavy atom. The molecule has 2 rings (SSSR count). The third-order valence-electron chi connectivity index (χ3n) is 2.71. The minimum atomic E-state index is -4.90. The molecule has 1 aromatic heterocycles. The van der Waals surface area contributed by atoms with Crippen molar-refractivity contribution in [2.24, 2.45) is 0 Å². The van der Waals surface area contributed by atoms with Gasteiger partial charge in [-0.1, -0.05) is 0 Å². The number of nitrogens with one attached hydrogen (secondary N) is 1. The fourth-order valence-electron chi connectivity index (χ4n) is 1.92. The van der Waals surface area contributed by atoms with Crippen LogP contribution in [0.1, 0.15) is 7.12 Å². The average molecular weight is 457 g/mol. The van der Waals surface area contributed by atoms with Gasteiger partial charge < -0.3 is 9.81 Å². The smallest absolute Gasteiger partial charge is 0.744 e. The van der Waals surface area contributed by atoms with E-state index in [-0.39, 0.29) is 76.9 Å². The van der Waals surface area contributed by atoms with E-state index in [0.717, 1.165) is 17.0 Å². The molecule has 1 aromatic carbocycles. The summed E-state index contributed by atoms with van der Waals surface area (Å²) in [7, 11) is -8.60. The number of rotatable bonds is 7. The van der Waals surface area contributed by atoms with Crippen LogP contribution in [0.4, 0.5) is 5.82 Å². The summed E-state index contributed by atoms with van der Waals surface area (Å²) in [6.07, 6.45) is 0.899. The number of sulfonamides is 1. The fraction of sp³-hybridized carbons (Fsp3) is 0.182. The standard InChI is InChI=1S/C11H13N3O8S3.2Na.H2/c1-7-5-11(13-24(2,16)17)14(12-7)9-6-8(23-22-21-15)3-4-10(9)25(18,19)20;;;/h3-6,13,15H,1-2H3,(H,18,19,20);;;1H/q;2*+1;/p-2. The summed E-state index contributed by atoms with van der Waals surface area (Å²) in [5.41, 5.74) is 0.131. The molecule has 0 atom stereocenters. The van der Waals surface area contributed by atoms with Crippen LogP contribution in [0.3, 0.4) is 0 Å². The van der Waals surface area contributed by atoms with Gasteiger partial charge in [0.1, 0.15) is 15.9 Å². The zero-order valence-electron chi connectivity index (χ0n) is 14.7. The molecule has 16 heteroatoms. The van der Waals surface area contributed by atoms with E-state index in [0.29, 0.717) is 17.7 Å². The maximum absolute atomic E-state index is 11.5. The Labute approximate surface area is 205 Å². The third-order valence-corrected chi connectivity index (χ3v) is 4.74. The molecule has 0 saturated carbocycles. The van der Waals surface area contributed by atoms with Crippen LogP contribution >= 0.6 is 12.0 Å². The van der Waals surface area contributed by atoms with Crippen LogP contribution in [0.25, 0.3) is 5.69 Å². The monoisotopic (exact) mass is 457 g/mol. The van der Waals surface area contributed by atoms with Crippen molar-refractivity contribution in [3.05, 3.63) is 30.0 Å². The van der Waals surface area contributed by atoms with Crippen molar-refractivity contribution in [1.82, 2.24) is 9.78 Å². The second-order valence-electron chi connectivity index (χ2n) is 4.76. The molecule has 0 bridgehead atoms. The second kappa shape index (κ2) is 10.9. The normalized spacial score (nSPS) is 11.4. The third kappa shape index (κ3) is 7.93. The van der Waals surface area contributed by atoms with Crippen molar-refractivity contribution in [2.75, 3.05) is 11.0 Å². The number of hydrogen-bond acceptors (Lipinski definition) is 10. The Morgan fingerprint density at radius 1 is 1.22 bits per heavy atom. The first kappa shape index (κ1) is 27.3. The number of hydrogen-bond donors (Lipinski definition) is 1. The zero-order valence-corrected chi connectivity index (χ0v) is 21.1. The Balaban J connectivity index is 0. The van der Waals surface area contributed by atoms with E-state index in [1.165, 1.54) is 18.2 Å². The van der Waals surface area contributed by atoms with Gasteiger partial charge in [0.15, 0.2) is 0 Å². The predicted molar refractivity (Wildman–Crippen MR) is 84.9 cm³/mol. The second-order valence-corrected chi connectivity index (χ2v) is 8.63. The van der Waals surface area contributed by atoms with Crippen LogP contribution in [0, 0.1) is 6.92 Å². The maximum Gasteiger partial charge on any atom is 1.00 e. The van der Waals surface area contributed by atoms with Gasteiger partial charge in [-0.15, -0.1) is 0 Å². The summed E-state index contributed by atoms with van der Waals surface area (Å²) < 4.78 is 64.7. The summed E-state index contributed by atoms with van der Waals surface area (Å²) in [6.45, 7) is 1.54. The Morgan fingerprint density at radius 2 is 1.85 bits per heavy atom. The molecule has 1 heterocycles. The maximum atomic E-state index is 11.5. The average Bonchev–Trinajstić information content (AvgIpc) is 2.82. The van der Waals surface area contributed by atoms with E-state index in [1.54, 1.807) is 6.92 Å². The molecule has 140 valence electrons. The summed E-state index contributed by atoms with van der Waals surface area (Å²) >= 11 is 0.463. The van der Waals surface area contributed by atoms with Crippen LogP contribution < -0.4 is 69.1 Å². The van der Waals surface area contributed by atoms with Gasteiger partial charge in [-0.2, -0.15) is 9.43 Å². The van der Waals surface area contributed by atoms with Crippen molar-refractivity contribution in [3.63, 3.8) is 0 Å². The van der Waals surface area contributed by atoms with Crippen molar-refractivity contribution in [3.8, 4) is 5.69 Å². The number of aromatic nitrogens is 2. The Bertz CT molecular complexity index is 1000. The first-order valence-electron chi connectivity index (χ1n) is 6.29. The van der Waals surface area contributed by atoms with Gasteiger partial charge in [0.2, 0.25) is 10.0 Å². The largest absolute Gasteiger partial charge is 1.00 e. The van der Waals surface area contributed by atoms with E-state index in [4.69, 9.17) is 0 Å². The predicted octanol–water partition coefficient (Wildman–Crippen LogP) is -6.06. The molecule has 0 amide bonds. The fourth-order valence-corrected chi connectivity index (χ4v) is 3.48. The number of anilines is 1. The first-order chi connectivity index (χ1) is 11.5. The summed E-state index contributed by atoms with van der Waals surface area (Å²) in [5.74, 6) is -0.0759. The molecule has 0 unspecified atom stereocenters. The molecular weight excluding hydrogens is 444 g/mol. The van der Waals surface area contributed by atoms with Crippen molar-refractivity contribution < 1.29 is 96.6 Å². The first-order valence-corrected chi connectivity index (χ1v) is 10.3. The van der Waals surface area contributed by atoms with Gasteiger partial charge in [-0.05, 0) is 25.1 Å². The van der Waals surface area contributed by atoms with Gasteiger partial charge in [0.25, 0.3) is 0 Å². The van der Waals surface area contributed by atoms with Crippen LogP contribution in [-0.2, 0) is 29.5 Å². The summed E-state index contributed by atoms with van der Waals surface area (Å²) in [4.78, 5) is -0.434. The summed E-state index contributed by atoms with van der Waals surface area (Å²) in [5, 5.41) is 17.1. The number of benzene rings is 1. The number of nitrogens with zero attached hydrogens (tertiary/aromatic N) is 2. The SMILES string of the molecule is Cc1cc(NS(C)(=O)=O)n(-c2cc(SOO[O-])ccc2S(=O)(=O)[O-])n1.[HH].[Na+].[Na+]. The Kier molecular flexibility index (Phi) is 11.0. The van der Waals surface area contributed by atoms with Gasteiger partial charge in [-0.3, -0.25) is 9.76 Å². The van der Waals surface area contributed by atoms with Gasteiger partial charge in [-0.25, -0.2) is 21.5 Å². The molecule has 0 fully saturated rings. The molecule has 0 aliphatic rings.